The van der Waals surface area contributed by atoms with Crippen LogP contribution in [-0.4, -0.2) is 51.2 Å². The van der Waals surface area contributed by atoms with E-state index in [-0.39, 0.29) is 27.3 Å². The summed E-state index contributed by atoms with van der Waals surface area (Å²) < 4.78 is 0. The Hall–Kier alpha value is -4.32. The first-order chi connectivity index (χ1) is 33.0. The number of aromatic carboxylic acids is 4. The Balaban J connectivity index is 0.000000889. The summed E-state index contributed by atoms with van der Waals surface area (Å²) in [5.74, 6) is -4.25. The van der Waals surface area contributed by atoms with Crippen molar-refractivity contribution in [3.8, 4) is 0 Å². The first-order valence-electron chi connectivity index (χ1n) is 26.2. The van der Waals surface area contributed by atoms with Gasteiger partial charge in [-0.05, 0) is 73.6 Å². The van der Waals surface area contributed by atoms with Crippen LogP contribution in [0.15, 0.2) is 97.1 Å². The summed E-state index contributed by atoms with van der Waals surface area (Å²) in [6, 6.07) is 28.6. The van der Waals surface area contributed by atoms with Gasteiger partial charge in [-0.15, -0.1) is 0 Å². The molecule has 0 aliphatic rings. The molecule has 0 atom stereocenters. The fourth-order valence-corrected chi connectivity index (χ4v) is 8.13. The van der Waals surface area contributed by atoms with Gasteiger partial charge < -0.3 is 39.6 Å². The van der Waals surface area contributed by atoms with Gasteiger partial charge in [-0.3, -0.25) is 0 Å². The van der Waals surface area contributed by atoms with Crippen LogP contribution in [0.3, 0.4) is 0 Å². The zero-order valence-electron chi connectivity index (χ0n) is 42.8. The smallest absolute Gasteiger partial charge is 0.0718 e. The summed E-state index contributed by atoms with van der Waals surface area (Å²) in [5, 5.41) is 43.5. The third kappa shape index (κ3) is 31.5. The largest absolute Gasteiger partial charge is 0.545 e. The number of unbranched alkanes of at least 4 members (excludes halogenated alkanes) is 20. The third-order valence-electron chi connectivity index (χ3n) is 12.1. The molecule has 0 aliphatic carbocycles. The van der Waals surface area contributed by atoms with E-state index in [4.69, 9.17) is 0 Å². The van der Waals surface area contributed by atoms with Gasteiger partial charge in [-0.2, -0.15) is 0 Å². The number of carbonyl (C=O) groups is 4. The van der Waals surface area contributed by atoms with Crippen molar-refractivity contribution >= 4 is 51.2 Å². The van der Waals surface area contributed by atoms with Crippen LogP contribution in [0.1, 0.15) is 245 Å². The minimum absolute atomic E-state index is 0. The SMILES string of the molecule is CCCCCCCCc1ccccc1C(=O)[O-].CCCCCCCCc1ccccc1C(=O)[O-].CCCCCCCCc1ccccc1C(=O)[O-].CCCCCCCCc1ccccc1C(=O)[O-].[Pb]. The number of rotatable bonds is 32. The Kier molecular flexibility index (Phi) is 40.9. The number of benzene rings is 4. The van der Waals surface area contributed by atoms with Gasteiger partial charge in [0.1, 0.15) is 0 Å². The van der Waals surface area contributed by atoms with Crippen LogP contribution < -0.4 is 20.4 Å². The number of carbonyl (C=O) groups excluding carboxylic acids is 4. The maximum Gasteiger partial charge on any atom is 0.0718 e. The van der Waals surface area contributed by atoms with Crippen LogP contribution in [0.5, 0.6) is 0 Å². The predicted molar refractivity (Wildman–Crippen MR) is 277 cm³/mol. The molecule has 380 valence electrons. The van der Waals surface area contributed by atoms with Crippen molar-refractivity contribution in [3.05, 3.63) is 142 Å². The molecule has 0 spiro atoms. The van der Waals surface area contributed by atoms with Crippen LogP contribution in [0.4, 0.5) is 0 Å². The fourth-order valence-electron chi connectivity index (χ4n) is 8.13. The quantitative estimate of drug-likeness (QED) is 0.0345. The summed E-state index contributed by atoms with van der Waals surface area (Å²) in [7, 11) is 0. The Bertz CT molecular complexity index is 1660. The standard InChI is InChI=1S/4C15H22O2.Pb/c4*1-2-3-4-5-6-7-10-13-11-8-9-12-14(13)15(16)17;/h4*8-9,11-12H,2-7,10H2,1H3,(H,16,17);/p-4. The molecule has 4 aromatic carbocycles. The summed E-state index contributed by atoms with van der Waals surface area (Å²) in [5.41, 5.74) is 5.01. The fraction of sp³-hybridized carbons (Fsp3) is 0.533. The Labute approximate surface area is 437 Å². The van der Waals surface area contributed by atoms with E-state index in [0.717, 1.165) is 73.6 Å². The topological polar surface area (TPSA) is 161 Å². The van der Waals surface area contributed by atoms with Crippen molar-refractivity contribution in [1.82, 2.24) is 0 Å². The molecule has 9 heteroatoms. The first-order valence-corrected chi connectivity index (χ1v) is 26.2. The van der Waals surface area contributed by atoms with Crippen LogP contribution in [0, 0.1) is 0 Å². The van der Waals surface area contributed by atoms with Crippen LogP contribution in [0.25, 0.3) is 0 Å². The minimum atomic E-state index is -1.06. The van der Waals surface area contributed by atoms with Crippen molar-refractivity contribution in [2.75, 3.05) is 0 Å². The van der Waals surface area contributed by atoms with E-state index in [1.807, 2.05) is 48.5 Å². The molecule has 0 amide bonds. The van der Waals surface area contributed by atoms with E-state index in [0.29, 0.717) is 22.3 Å². The molecule has 0 bridgehead atoms. The van der Waals surface area contributed by atoms with Crippen molar-refractivity contribution in [2.24, 2.45) is 0 Å². The number of carboxylic acids is 4. The van der Waals surface area contributed by atoms with Gasteiger partial charge in [-0.25, -0.2) is 0 Å². The molecule has 0 heterocycles. The average molecular weight is 1140 g/mol. The van der Waals surface area contributed by atoms with Crippen LogP contribution in [-0.2, 0) is 25.7 Å². The van der Waals surface area contributed by atoms with Crippen LogP contribution >= 0.6 is 0 Å². The van der Waals surface area contributed by atoms with Crippen LogP contribution in [0.2, 0.25) is 0 Å². The molecular formula is C60H84O8Pb-4. The molecule has 4 rings (SSSR count). The van der Waals surface area contributed by atoms with E-state index in [1.165, 1.54) is 128 Å². The van der Waals surface area contributed by atoms with Gasteiger partial charge >= 0.3 is 0 Å². The molecule has 0 N–H and O–H groups in total. The minimum Gasteiger partial charge on any atom is -0.545 e. The molecule has 0 fully saturated rings. The first kappa shape index (κ1) is 64.7. The van der Waals surface area contributed by atoms with E-state index in [2.05, 4.69) is 27.7 Å². The second kappa shape index (κ2) is 43.7. The monoisotopic (exact) mass is 1140 g/mol. The van der Waals surface area contributed by atoms with E-state index >= 15 is 0 Å². The molecule has 4 radical (unpaired) electrons. The third-order valence-corrected chi connectivity index (χ3v) is 12.1. The second-order valence-corrected chi connectivity index (χ2v) is 17.8. The number of hydrogen-bond donors (Lipinski definition) is 0. The Morgan fingerprint density at radius 3 is 0.609 bits per heavy atom. The molecule has 0 unspecified atom stereocenters. The van der Waals surface area contributed by atoms with Gasteiger partial charge in [-0.1, -0.05) is 253 Å². The molecule has 0 saturated carbocycles. The van der Waals surface area contributed by atoms with Gasteiger partial charge in [0.25, 0.3) is 0 Å². The Morgan fingerprint density at radius 2 is 0.435 bits per heavy atom. The average Bonchev–Trinajstić information content (AvgIpc) is 3.34. The number of aryl methyl sites for hydroxylation is 4. The summed E-state index contributed by atoms with van der Waals surface area (Å²) in [6.07, 6.45) is 32.8. The zero-order valence-corrected chi connectivity index (χ0v) is 46.7. The molecule has 8 nitrogen and oxygen atoms in total. The second-order valence-electron chi connectivity index (χ2n) is 17.8. The normalized spacial score (nSPS) is 10.3. The molecule has 69 heavy (non-hydrogen) atoms. The van der Waals surface area contributed by atoms with E-state index < -0.39 is 23.9 Å². The molecule has 0 aromatic heterocycles. The van der Waals surface area contributed by atoms with E-state index in [9.17, 15) is 39.6 Å². The summed E-state index contributed by atoms with van der Waals surface area (Å²) >= 11 is 0. The molecule has 0 saturated heterocycles. The van der Waals surface area contributed by atoms with Gasteiger partial charge in [0, 0.05) is 49.6 Å². The van der Waals surface area contributed by atoms with Crippen molar-refractivity contribution in [1.29, 1.82) is 0 Å². The molecular weight excluding hydrogens is 1060 g/mol. The number of carboxylic acid groups (broad SMARTS) is 4. The number of hydrogen-bond acceptors (Lipinski definition) is 8. The van der Waals surface area contributed by atoms with Crippen molar-refractivity contribution < 1.29 is 39.6 Å². The van der Waals surface area contributed by atoms with Gasteiger partial charge in [0.15, 0.2) is 0 Å². The predicted octanol–water partition coefficient (Wildman–Crippen LogP) is 11.4. The Morgan fingerprint density at radius 1 is 0.275 bits per heavy atom. The van der Waals surface area contributed by atoms with Gasteiger partial charge in [0.05, 0.1) is 23.9 Å². The summed E-state index contributed by atoms with van der Waals surface area (Å²) in [4.78, 5) is 43.5. The summed E-state index contributed by atoms with van der Waals surface area (Å²) in [6.45, 7) is 8.82. The van der Waals surface area contributed by atoms with Crippen molar-refractivity contribution in [2.45, 2.75) is 207 Å². The van der Waals surface area contributed by atoms with Crippen molar-refractivity contribution in [3.63, 3.8) is 0 Å². The maximum absolute atomic E-state index is 10.9. The van der Waals surface area contributed by atoms with Gasteiger partial charge in [0.2, 0.25) is 0 Å². The zero-order chi connectivity index (χ0) is 50.0. The maximum atomic E-state index is 10.9. The van der Waals surface area contributed by atoms with E-state index in [1.54, 1.807) is 48.5 Å². The molecule has 0 aliphatic heterocycles. The molecule has 4 aromatic rings.